The van der Waals surface area contributed by atoms with Crippen molar-refractivity contribution in [3.63, 3.8) is 0 Å². The van der Waals surface area contributed by atoms with Gasteiger partial charge in [0.25, 0.3) is 0 Å². The number of carbonyl (C=O) groups is 1. The van der Waals surface area contributed by atoms with Crippen molar-refractivity contribution in [2.45, 2.75) is 69.5 Å². The van der Waals surface area contributed by atoms with E-state index in [0.29, 0.717) is 52.2 Å². The molecule has 3 fully saturated rings. The van der Waals surface area contributed by atoms with Gasteiger partial charge >= 0.3 is 6.18 Å². The topological polar surface area (TPSA) is 87.2 Å². The van der Waals surface area contributed by atoms with E-state index >= 15 is 0 Å². The van der Waals surface area contributed by atoms with E-state index in [2.05, 4.69) is 10.3 Å². The van der Waals surface area contributed by atoms with E-state index in [1.165, 1.54) is 0 Å². The number of hydrogen-bond acceptors (Lipinski definition) is 7. The molecule has 1 aromatic heterocycles. The summed E-state index contributed by atoms with van der Waals surface area (Å²) < 4.78 is 50.4. The maximum atomic E-state index is 13.9. The molecule has 202 valence electrons. The number of nitrogens with zero attached hydrogens (tertiary/aromatic N) is 3. The number of rotatable bonds is 6. The van der Waals surface area contributed by atoms with Crippen molar-refractivity contribution < 1.29 is 32.5 Å². The Labute approximate surface area is 210 Å². The summed E-state index contributed by atoms with van der Waals surface area (Å²) in [5.41, 5.74) is -2.90. The van der Waals surface area contributed by atoms with Crippen molar-refractivity contribution in [1.82, 2.24) is 15.2 Å². The summed E-state index contributed by atoms with van der Waals surface area (Å²) in [5, 5.41) is 14.8. The fourth-order valence-corrected chi connectivity index (χ4v) is 5.85. The van der Waals surface area contributed by atoms with Crippen molar-refractivity contribution in [2.24, 2.45) is 5.41 Å². The number of pyridine rings is 1. The van der Waals surface area contributed by atoms with E-state index in [9.17, 15) is 23.1 Å². The van der Waals surface area contributed by atoms with Crippen LogP contribution < -0.4 is 10.2 Å². The molecule has 2 aliphatic heterocycles. The predicted molar refractivity (Wildman–Crippen MR) is 128 cm³/mol. The standard InChI is InChI=1S/C25H37F3N4O4/c1-23(2,34)24(7-4-18(15-24)30-19-6-13-36-16-20(19)35-3)22(33)32-11-9-31(10-12-32)21-14-17(5-8-29-21)25(26,27)28/h5,8,14,18-20,30,34H,4,6-7,9-13,15-16H2,1-3H3/t18-,19?,20?,24-/m1/s1. The number of halogens is 3. The molecule has 11 heteroatoms. The number of aromatic nitrogens is 1. The molecule has 2 unspecified atom stereocenters. The van der Waals surface area contributed by atoms with Gasteiger partial charge in [-0.05, 0) is 51.7 Å². The van der Waals surface area contributed by atoms with Crippen LogP contribution in [0.2, 0.25) is 0 Å². The molecule has 1 saturated carbocycles. The molecule has 3 heterocycles. The van der Waals surface area contributed by atoms with Crippen LogP contribution in [0.15, 0.2) is 18.3 Å². The van der Waals surface area contributed by atoms with Crippen LogP contribution in [0.3, 0.4) is 0 Å². The first kappa shape index (κ1) is 27.1. The minimum Gasteiger partial charge on any atom is -0.389 e. The van der Waals surface area contributed by atoms with Crippen LogP contribution in [0.25, 0.3) is 0 Å². The van der Waals surface area contributed by atoms with E-state index in [4.69, 9.17) is 9.47 Å². The van der Waals surface area contributed by atoms with E-state index in [1.807, 2.05) is 0 Å². The summed E-state index contributed by atoms with van der Waals surface area (Å²) >= 11 is 0. The van der Waals surface area contributed by atoms with E-state index in [0.717, 1.165) is 31.2 Å². The molecular weight excluding hydrogens is 477 g/mol. The average Bonchev–Trinajstić information content (AvgIpc) is 3.29. The van der Waals surface area contributed by atoms with Crippen LogP contribution in [-0.2, 0) is 20.4 Å². The summed E-state index contributed by atoms with van der Waals surface area (Å²) in [6.45, 7) is 6.05. The van der Waals surface area contributed by atoms with Gasteiger partial charge in [-0.25, -0.2) is 4.98 Å². The van der Waals surface area contributed by atoms with Crippen molar-refractivity contribution in [3.8, 4) is 0 Å². The molecule has 0 bridgehead atoms. The van der Waals surface area contributed by atoms with Gasteiger partial charge in [-0.15, -0.1) is 0 Å². The van der Waals surface area contributed by atoms with Crippen molar-refractivity contribution in [2.75, 3.05) is 51.4 Å². The normalized spacial score (nSPS) is 30.0. The van der Waals surface area contributed by atoms with Gasteiger partial charge < -0.3 is 29.7 Å². The SMILES string of the molecule is COC1COCCC1N[C@@H]1CC[C@@](C(=O)N2CCN(c3cc(C(F)(F)F)ccn3)CC2)(C(C)(C)O)C1. The predicted octanol–water partition coefficient (Wildman–Crippen LogP) is 2.45. The molecule has 1 amide bonds. The van der Waals surface area contributed by atoms with Crippen LogP contribution in [0, 0.1) is 5.41 Å². The minimum absolute atomic E-state index is 0.0517. The lowest BCUT2D eigenvalue weighted by molar-refractivity contribution is -0.158. The number of anilines is 1. The molecule has 4 rings (SSSR count). The van der Waals surface area contributed by atoms with Gasteiger partial charge in [0.15, 0.2) is 0 Å². The molecule has 1 aliphatic carbocycles. The lowest BCUT2D eigenvalue weighted by atomic mass is 9.70. The number of amides is 1. The van der Waals surface area contributed by atoms with Gasteiger partial charge in [-0.3, -0.25) is 4.79 Å². The smallest absolute Gasteiger partial charge is 0.389 e. The first-order valence-electron chi connectivity index (χ1n) is 12.6. The van der Waals surface area contributed by atoms with Gasteiger partial charge in [-0.2, -0.15) is 13.2 Å². The van der Waals surface area contributed by atoms with Gasteiger partial charge in [0, 0.05) is 58.2 Å². The second-order valence-electron chi connectivity index (χ2n) is 10.7. The molecule has 8 nitrogen and oxygen atoms in total. The fraction of sp³-hybridized carbons (Fsp3) is 0.760. The molecule has 2 saturated heterocycles. The molecule has 0 aromatic carbocycles. The average molecular weight is 515 g/mol. The zero-order valence-electron chi connectivity index (χ0n) is 21.2. The second kappa shape index (κ2) is 10.4. The maximum Gasteiger partial charge on any atom is 0.416 e. The highest BCUT2D eigenvalue weighted by atomic mass is 19.4. The number of aliphatic hydroxyl groups is 1. The fourth-order valence-electron chi connectivity index (χ4n) is 5.85. The molecule has 1 aromatic rings. The number of methoxy groups -OCH3 is 1. The number of carbonyl (C=O) groups excluding carboxylic acids is 1. The van der Waals surface area contributed by atoms with Crippen LogP contribution in [-0.4, -0.2) is 91.2 Å². The Balaban J connectivity index is 1.42. The van der Waals surface area contributed by atoms with E-state index < -0.39 is 22.8 Å². The highest BCUT2D eigenvalue weighted by molar-refractivity contribution is 5.85. The Morgan fingerprint density at radius 3 is 2.61 bits per heavy atom. The van der Waals surface area contributed by atoms with Crippen molar-refractivity contribution in [1.29, 1.82) is 0 Å². The van der Waals surface area contributed by atoms with Crippen LogP contribution in [0.5, 0.6) is 0 Å². The molecule has 4 atom stereocenters. The molecule has 0 spiro atoms. The number of piperazine rings is 1. The monoisotopic (exact) mass is 514 g/mol. The number of ether oxygens (including phenoxy) is 2. The first-order valence-corrected chi connectivity index (χ1v) is 12.6. The van der Waals surface area contributed by atoms with Gasteiger partial charge in [0.1, 0.15) is 5.82 Å². The number of alkyl halides is 3. The quantitative estimate of drug-likeness (QED) is 0.603. The van der Waals surface area contributed by atoms with Crippen LogP contribution in [0.1, 0.15) is 45.1 Å². The zero-order chi connectivity index (χ0) is 26.1. The molecule has 3 aliphatic rings. The summed E-state index contributed by atoms with van der Waals surface area (Å²) in [6, 6.07) is 2.20. The Hall–Kier alpha value is -1.95. The Morgan fingerprint density at radius 2 is 1.97 bits per heavy atom. The Kier molecular flexibility index (Phi) is 7.85. The van der Waals surface area contributed by atoms with Gasteiger partial charge in [0.2, 0.25) is 5.91 Å². The lowest BCUT2D eigenvalue weighted by Crippen LogP contribution is -2.59. The second-order valence-corrected chi connectivity index (χ2v) is 10.7. The Morgan fingerprint density at radius 1 is 1.25 bits per heavy atom. The number of nitrogens with one attached hydrogen (secondary N) is 1. The zero-order valence-corrected chi connectivity index (χ0v) is 21.2. The molecule has 36 heavy (non-hydrogen) atoms. The summed E-state index contributed by atoms with van der Waals surface area (Å²) in [5.74, 6) is 0.162. The highest BCUT2D eigenvalue weighted by Gasteiger charge is 2.56. The van der Waals surface area contributed by atoms with Gasteiger partial charge in [-0.1, -0.05) is 0 Å². The minimum atomic E-state index is -4.43. The molecular formula is C25H37F3N4O4. The largest absolute Gasteiger partial charge is 0.416 e. The van der Waals surface area contributed by atoms with Crippen molar-refractivity contribution >= 4 is 11.7 Å². The lowest BCUT2D eigenvalue weighted by Gasteiger charge is -2.45. The third-order valence-electron chi connectivity index (χ3n) is 8.12. The van der Waals surface area contributed by atoms with Crippen molar-refractivity contribution in [3.05, 3.63) is 23.9 Å². The third-order valence-corrected chi connectivity index (χ3v) is 8.12. The summed E-state index contributed by atoms with van der Waals surface area (Å²) in [7, 11) is 1.67. The van der Waals surface area contributed by atoms with E-state index in [-0.39, 0.29) is 29.9 Å². The Bertz CT molecular complexity index is 917. The highest BCUT2D eigenvalue weighted by Crippen LogP contribution is 2.48. The molecule has 2 N–H and O–H groups in total. The van der Waals surface area contributed by atoms with Crippen LogP contribution in [0.4, 0.5) is 19.0 Å². The molecule has 0 radical (unpaired) electrons. The summed E-state index contributed by atoms with van der Waals surface area (Å²) in [6.07, 6.45) is -0.667. The van der Waals surface area contributed by atoms with Crippen LogP contribution >= 0.6 is 0 Å². The summed E-state index contributed by atoms with van der Waals surface area (Å²) in [4.78, 5) is 21.5. The van der Waals surface area contributed by atoms with Gasteiger partial charge in [0.05, 0.1) is 29.3 Å². The number of hydrogen-bond donors (Lipinski definition) is 2. The maximum absolute atomic E-state index is 13.9. The first-order chi connectivity index (χ1) is 16.9. The van der Waals surface area contributed by atoms with E-state index in [1.54, 1.807) is 30.8 Å². The third kappa shape index (κ3) is 5.49.